The van der Waals surface area contributed by atoms with Gasteiger partial charge in [0.05, 0.1) is 13.7 Å². The molecule has 0 spiro atoms. The molecule has 1 aliphatic carbocycles. The van der Waals surface area contributed by atoms with E-state index < -0.39 is 11.8 Å². The van der Waals surface area contributed by atoms with E-state index in [9.17, 15) is 9.59 Å². The number of carbonyl (C=O) groups excluding carboxylic acids is 2. The van der Waals surface area contributed by atoms with Crippen LogP contribution in [-0.2, 0) is 9.53 Å². The molecule has 1 fully saturated rings. The first-order chi connectivity index (χ1) is 9.08. The van der Waals surface area contributed by atoms with E-state index in [1.54, 1.807) is 13.0 Å². The number of esters is 1. The molecule has 0 amide bonds. The zero-order valence-corrected chi connectivity index (χ0v) is 11.6. The number of Topliss-reactive ketones (excluding diaryl/α,β-unsaturated/α-hetero) is 1. The summed E-state index contributed by atoms with van der Waals surface area (Å²) >= 11 is 6.19. The SMILES string of the molecule is CCOC(=O)C(=O)c1cc(Cl)c(C2CC2)c(OC)c1. The molecule has 0 aliphatic heterocycles. The van der Waals surface area contributed by atoms with Crippen molar-refractivity contribution in [2.75, 3.05) is 13.7 Å². The van der Waals surface area contributed by atoms with Crippen LogP contribution in [0.4, 0.5) is 0 Å². The van der Waals surface area contributed by atoms with E-state index in [1.807, 2.05) is 0 Å². The summed E-state index contributed by atoms with van der Waals surface area (Å²) in [5.41, 5.74) is 1.12. The van der Waals surface area contributed by atoms with Crippen molar-refractivity contribution in [3.63, 3.8) is 0 Å². The lowest BCUT2D eigenvalue weighted by Crippen LogP contribution is -2.17. The third-order valence-electron chi connectivity index (χ3n) is 3.02. The molecular formula is C14H15ClO4. The van der Waals surface area contributed by atoms with Crippen molar-refractivity contribution in [2.45, 2.75) is 25.7 Å². The van der Waals surface area contributed by atoms with Gasteiger partial charge in [-0.05, 0) is 37.8 Å². The molecule has 19 heavy (non-hydrogen) atoms. The van der Waals surface area contributed by atoms with E-state index in [0.29, 0.717) is 16.7 Å². The molecule has 0 N–H and O–H groups in total. The number of ether oxygens (including phenoxy) is 2. The highest BCUT2D eigenvalue weighted by Gasteiger charge is 2.30. The van der Waals surface area contributed by atoms with Crippen LogP contribution in [0.5, 0.6) is 5.75 Å². The van der Waals surface area contributed by atoms with Crippen LogP contribution in [0.2, 0.25) is 5.02 Å². The molecule has 0 radical (unpaired) electrons. The average molecular weight is 283 g/mol. The van der Waals surface area contributed by atoms with Crippen molar-refractivity contribution in [3.05, 3.63) is 28.3 Å². The topological polar surface area (TPSA) is 52.6 Å². The van der Waals surface area contributed by atoms with Crippen molar-refractivity contribution in [1.29, 1.82) is 0 Å². The summed E-state index contributed by atoms with van der Waals surface area (Å²) in [6.45, 7) is 1.81. The van der Waals surface area contributed by atoms with Gasteiger partial charge in [0.15, 0.2) is 0 Å². The van der Waals surface area contributed by atoms with Crippen LogP contribution in [0.3, 0.4) is 0 Å². The smallest absolute Gasteiger partial charge is 0.379 e. The van der Waals surface area contributed by atoms with Gasteiger partial charge in [-0.1, -0.05) is 11.6 Å². The highest BCUT2D eigenvalue weighted by Crippen LogP contribution is 2.47. The largest absolute Gasteiger partial charge is 0.496 e. The highest BCUT2D eigenvalue weighted by atomic mass is 35.5. The van der Waals surface area contributed by atoms with Crippen LogP contribution < -0.4 is 4.74 Å². The lowest BCUT2D eigenvalue weighted by atomic mass is 10.0. The maximum atomic E-state index is 11.9. The summed E-state index contributed by atoms with van der Waals surface area (Å²) in [7, 11) is 1.52. The van der Waals surface area contributed by atoms with Gasteiger partial charge >= 0.3 is 5.97 Å². The Hall–Kier alpha value is -1.55. The van der Waals surface area contributed by atoms with Gasteiger partial charge in [-0.25, -0.2) is 4.79 Å². The fourth-order valence-corrected chi connectivity index (χ4v) is 2.34. The first-order valence-corrected chi connectivity index (χ1v) is 6.55. The second-order valence-corrected chi connectivity index (χ2v) is 4.81. The first-order valence-electron chi connectivity index (χ1n) is 6.17. The number of ketones is 1. The van der Waals surface area contributed by atoms with Crippen molar-refractivity contribution in [3.8, 4) is 5.75 Å². The van der Waals surface area contributed by atoms with E-state index >= 15 is 0 Å². The summed E-state index contributed by atoms with van der Waals surface area (Å²) < 4.78 is 9.96. The lowest BCUT2D eigenvalue weighted by Gasteiger charge is -2.11. The van der Waals surface area contributed by atoms with E-state index in [0.717, 1.165) is 18.4 Å². The van der Waals surface area contributed by atoms with Gasteiger partial charge in [-0.2, -0.15) is 0 Å². The van der Waals surface area contributed by atoms with Crippen molar-refractivity contribution >= 4 is 23.4 Å². The van der Waals surface area contributed by atoms with Gasteiger partial charge in [-0.15, -0.1) is 0 Å². The molecule has 0 atom stereocenters. The molecule has 0 unspecified atom stereocenters. The molecule has 0 aromatic heterocycles. The molecule has 1 aliphatic rings. The number of hydrogen-bond donors (Lipinski definition) is 0. The third-order valence-corrected chi connectivity index (χ3v) is 3.33. The summed E-state index contributed by atoms with van der Waals surface area (Å²) in [5, 5.41) is 0.467. The minimum absolute atomic E-state index is 0.162. The van der Waals surface area contributed by atoms with Gasteiger partial charge in [0.2, 0.25) is 0 Å². The number of rotatable bonds is 5. The molecule has 0 saturated heterocycles. The van der Waals surface area contributed by atoms with Gasteiger partial charge in [0, 0.05) is 16.1 Å². The summed E-state index contributed by atoms with van der Waals surface area (Å²) in [4.78, 5) is 23.3. The molecule has 0 bridgehead atoms. The molecule has 1 aromatic carbocycles. The highest BCUT2D eigenvalue weighted by molar-refractivity contribution is 6.41. The second kappa shape index (κ2) is 5.61. The maximum absolute atomic E-state index is 11.9. The number of carbonyl (C=O) groups is 2. The second-order valence-electron chi connectivity index (χ2n) is 4.40. The first kappa shape index (κ1) is 13.9. The Balaban J connectivity index is 2.35. The Morgan fingerprint density at radius 3 is 2.58 bits per heavy atom. The Morgan fingerprint density at radius 2 is 2.05 bits per heavy atom. The van der Waals surface area contributed by atoms with Gasteiger partial charge in [-0.3, -0.25) is 4.79 Å². The van der Waals surface area contributed by atoms with Crippen LogP contribution in [0.1, 0.15) is 41.6 Å². The fourth-order valence-electron chi connectivity index (χ4n) is 1.98. The van der Waals surface area contributed by atoms with Crippen molar-refractivity contribution in [2.24, 2.45) is 0 Å². The number of methoxy groups -OCH3 is 1. The predicted molar refractivity (Wildman–Crippen MR) is 70.9 cm³/mol. The summed E-state index contributed by atoms with van der Waals surface area (Å²) in [6, 6.07) is 3.07. The maximum Gasteiger partial charge on any atom is 0.379 e. The molecule has 102 valence electrons. The fraction of sp³-hybridized carbons (Fsp3) is 0.429. The van der Waals surface area contributed by atoms with Gasteiger partial charge < -0.3 is 9.47 Å². The molecule has 1 aromatic rings. The van der Waals surface area contributed by atoms with E-state index in [-0.39, 0.29) is 12.2 Å². The monoisotopic (exact) mass is 282 g/mol. The Bertz CT molecular complexity index is 520. The third kappa shape index (κ3) is 2.89. The number of benzene rings is 1. The van der Waals surface area contributed by atoms with Crippen molar-refractivity contribution < 1.29 is 19.1 Å². The molecule has 2 rings (SSSR count). The number of halogens is 1. The van der Waals surface area contributed by atoms with Crippen LogP contribution in [-0.4, -0.2) is 25.5 Å². The average Bonchev–Trinajstić information content (AvgIpc) is 3.21. The lowest BCUT2D eigenvalue weighted by molar-refractivity contribution is -0.137. The van der Waals surface area contributed by atoms with Crippen LogP contribution in [0, 0.1) is 0 Å². The zero-order chi connectivity index (χ0) is 14.0. The molecule has 1 saturated carbocycles. The van der Waals surface area contributed by atoms with E-state index in [2.05, 4.69) is 4.74 Å². The van der Waals surface area contributed by atoms with E-state index in [1.165, 1.54) is 13.2 Å². The summed E-state index contributed by atoms with van der Waals surface area (Å²) in [6.07, 6.45) is 2.14. The van der Waals surface area contributed by atoms with Crippen LogP contribution in [0.15, 0.2) is 12.1 Å². The normalized spacial score (nSPS) is 14.1. The molecule has 0 heterocycles. The Labute approximate surface area is 116 Å². The molecular weight excluding hydrogens is 268 g/mol. The molecule has 5 heteroatoms. The Morgan fingerprint density at radius 1 is 1.37 bits per heavy atom. The Kier molecular flexibility index (Phi) is 4.10. The zero-order valence-electron chi connectivity index (χ0n) is 10.9. The van der Waals surface area contributed by atoms with Crippen molar-refractivity contribution in [1.82, 2.24) is 0 Å². The quantitative estimate of drug-likeness (QED) is 0.473. The predicted octanol–water partition coefficient (Wildman–Crippen LogP) is 2.97. The molecule has 4 nitrogen and oxygen atoms in total. The summed E-state index contributed by atoms with van der Waals surface area (Å²) in [5.74, 6) is -0.624. The van der Waals surface area contributed by atoms with E-state index in [4.69, 9.17) is 16.3 Å². The van der Waals surface area contributed by atoms with Crippen LogP contribution in [0.25, 0.3) is 0 Å². The van der Waals surface area contributed by atoms with Gasteiger partial charge in [0.1, 0.15) is 5.75 Å². The minimum atomic E-state index is -0.875. The standard InChI is InChI=1S/C14H15ClO4/c1-3-19-14(17)13(16)9-6-10(15)12(8-4-5-8)11(7-9)18-2/h6-8H,3-5H2,1-2H3. The van der Waals surface area contributed by atoms with Gasteiger partial charge in [0.25, 0.3) is 5.78 Å². The van der Waals surface area contributed by atoms with Crippen LogP contribution >= 0.6 is 11.6 Å². The number of hydrogen-bond acceptors (Lipinski definition) is 4. The minimum Gasteiger partial charge on any atom is -0.496 e.